The molecule has 2 fully saturated rings. The van der Waals surface area contributed by atoms with Crippen molar-refractivity contribution < 1.29 is 19.1 Å². The molecule has 0 bridgehead atoms. The second kappa shape index (κ2) is 13.4. The number of amides is 4. The van der Waals surface area contributed by atoms with E-state index in [-0.39, 0.29) is 18.5 Å². The molecule has 2 aliphatic heterocycles. The molecule has 0 aliphatic carbocycles. The highest BCUT2D eigenvalue weighted by Gasteiger charge is 2.57. The largest absolute Gasteiger partial charge is 0.445 e. The average Bonchev–Trinajstić information content (AvgIpc) is 3.14. The molecule has 0 saturated carbocycles. The Morgan fingerprint density at radius 2 is 1.55 bits per heavy atom. The fourth-order valence-electron chi connectivity index (χ4n) is 5.37. The van der Waals surface area contributed by atoms with Crippen molar-refractivity contribution in [2.24, 2.45) is 0 Å². The maximum Gasteiger partial charge on any atom is 0.407 e. The van der Waals surface area contributed by atoms with Gasteiger partial charge in [0.05, 0.1) is 0 Å². The summed E-state index contributed by atoms with van der Waals surface area (Å²) in [7, 11) is 0. The topological polar surface area (TPSA) is 82.2 Å². The summed E-state index contributed by atoms with van der Waals surface area (Å²) in [6.07, 6.45) is 4.13. The van der Waals surface area contributed by atoms with Gasteiger partial charge < -0.3 is 19.9 Å². The molecule has 0 unspecified atom stereocenters. The first-order chi connectivity index (χ1) is 18.5. The predicted molar refractivity (Wildman–Crippen MR) is 147 cm³/mol. The lowest BCUT2D eigenvalue weighted by atomic mass is 9.85. The minimum absolute atomic E-state index is 0.0760. The van der Waals surface area contributed by atoms with Crippen LogP contribution in [-0.2, 0) is 22.6 Å². The molecular weight excluding hydrogens is 480 g/mol. The number of likely N-dealkylation sites (tertiary alicyclic amines) is 1. The van der Waals surface area contributed by atoms with Crippen LogP contribution in [-0.4, -0.2) is 77.5 Å². The summed E-state index contributed by atoms with van der Waals surface area (Å²) >= 11 is 0. The van der Waals surface area contributed by atoms with Gasteiger partial charge in [-0.15, -0.1) is 0 Å². The van der Waals surface area contributed by atoms with Gasteiger partial charge >= 0.3 is 12.1 Å². The van der Waals surface area contributed by atoms with Gasteiger partial charge in [0.2, 0.25) is 0 Å². The van der Waals surface area contributed by atoms with Crippen molar-refractivity contribution in [2.75, 3.05) is 39.3 Å². The van der Waals surface area contributed by atoms with E-state index in [1.165, 1.54) is 10.5 Å². The molecule has 1 spiro atoms. The van der Waals surface area contributed by atoms with Crippen molar-refractivity contribution in [3.05, 3.63) is 71.8 Å². The smallest absolute Gasteiger partial charge is 0.407 e. The van der Waals surface area contributed by atoms with E-state index in [9.17, 15) is 14.4 Å². The fourth-order valence-corrected chi connectivity index (χ4v) is 5.37. The van der Waals surface area contributed by atoms with E-state index in [1.54, 1.807) is 0 Å². The Bertz CT molecular complexity index is 1050. The molecule has 2 aromatic rings. The summed E-state index contributed by atoms with van der Waals surface area (Å²) in [6.45, 7) is 6.08. The lowest BCUT2D eigenvalue weighted by Crippen LogP contribution is -2.57. The first-order valence-electron chi connectivity index (χ1n) is 13.9. The summed E-state index contributed by atoms with van der Waals surface area (Å²) in [5.41, 5.74) is 1.49. The second-order valence-corrected chi connectivity index (χ2v) is 10.2. The Balaban J connectivity index is 1.27. The van der Waals surface area contributed by atoms with E-state index < -0.39 is 11.6 Å². The first-order valence-corrected chi connectivity index (χ1v) is 13.9. The summed E-state index contributed by atoms with van der Waals surface area (Å²) in [6, 6.07) is 19.7. The second-order valence-electron chi connectivity index (χ2n) is 10.2. The van der Waals surface area contributed by atoms with Crippen LogP contribution in [0.15, 0.2) is 60.7 Å². The van der Waals surface area contributed by atoms with E-state index in [0.29, 0.717) is 38.9 Å². The van der Waals surface area contributed by atoms with Gasteiger partial charge in [0.15, 0.2) is 0 Å². The number of carbonyl (C=O) groups excluding carboxylic acids is 3. The molecule has 8 nitrogen and oxygen atoms in total. The van der Waals surface area contributed by atoms with Gasteiger partial charge in [-0.25, -0.2) is 9.59 Å². The highest BCUT2D eigenvalue weighted by molar-refractivity contribution is 6.07. The van der Waals surface area contributed by atoms with Crippen molar-refractivity contribution in [1.82, 2.24) is 20.0 Å². The maximum atomic E-state index is 13.7. The Kier molecular flexibility index (Phi) is 9.76. The van der Waals surface area contributed by atoms with Gasteiger partial charge in [-0.05, 0) is 43.2 Å². The Morgan fingerprint density at radius 3 is 2.21 bits per heavy atom. The quantitative estimate of drug-likeness (QED) is 0.330. The zero-order chi connectivity index (χ0) is 26.8. The summed E-state index contributed by atoms with van der Waals surface area (Å²) in [5.74, 6) is -0.0760. The molecule has 38 heavy (non-hydrogen) atoms. The molecule has 204 valence electrons. The van der Waals surface area contributed by atoms with Gasteiger partial charge in [0.1, 0.15) is 12.1 Å². The minimum Gasteiger partial charge on any atom is -0.445 e. The van der Waals surface area contributed by atoms with Gasteiger partial charge in [0, 0.05) is 39.3 Å². The van der Waals surface area contributed by atoms with Crippen molar-refractivity contribution in [3.8, 4) is 0 Å². The van der Waals surface area contributed by atoms with Crippen molar-refractivity contribution in [3.63, 3.8) is 0 Å². The van der Waals surface area contributed by atoms with Crippen molar-refractivity contribution in [2.45, 2.75) is 57.6 Å². The monoisotopic (exact) mass is 520 g/mol. The highest BCUT2D eigenvalue weighted by Crippen LogP contribution is 2.37. The summed E-state index contributed by atoms with van der Waals surface area (Å²) in [5, 5.41) is 2.73. The van der Waals surface area contributed by atoms with Gasteiger partial charge in [-0.1, -0.05) is 74.0 Å². The van der Waals surface area contributed by atoms with E-state index in [1.807, 2.05) is 41.3 Å². The third kappa shape index (κ3) is 6.72. The molecule has 1 N–H and O–H groups in total. The molecule has 2 saturated heterocycles. The van der Waals surface area contributed by atoms with Crippen LogP contribution in [0.25, 0.3) is 0 Å². The summed E-state index contributed by atoms with van der Waals surface area (Å²) in [4.78, 5) is 44.7. The van der Waals surface area contributed by atoms with Crippen LogP contribution < -0.4 is 5.32 Å². The maximum absolute atomic E-state index is 13.7. The number of unbranched alkanes of at least 4 members (excludes halogenated alkanes) is 1. The fraction of sp³-hybridized carbons (Fsp3) is 0.500. The molecule has 0 aromatic heterocycles. The number of urea groups is 1. The number of rotatable bonds is 12. The number of nitrogens with zero attached hydrogens (tertiary/aromatic N) is 3. The number of alkyl carbamates (subject to hydrolysis) is 1. The number of nitrogens with one attached hydrogen (secondary N) is 1. The number of carbonyl (C=O) groups is 3. The first kappa shape index (κ1) is 27.6. The highest BCUT2D eigenvalue weighted by atomic mass is 16.5. The van der Waals surface area contributed by atoms with Crippen LogP contribution in [0.3, 0.4) is 0 Å². The zero-order valence-electron chi connectivity index (χ0n) is 22.4. The van der Waals surface area contributed by atoms with E-state index >= 15 is 0 Å². The number of ether oxygens (including phenoxy) is 1. The van der Waals surface area contributed by atoms with Crippen LogP contribution in [0.1, 0.15) is 50.2 Å². The van der Waals surface area contributed by atoms with Crippen LogP contribution in [0.2, 0.25) is 0 Å². The molecular formula is C30H40N4O4. The van der Waals surface area contributed by atoms with Gasteiger partial charge in [-0.2, -0.15) is 0 Å². The van der Waals surface area contributed by atoms with Gasteiger partial charge in [0.25, 0.3) is 5.91 Å². The number of hydrogen-bond acceptors (Lipinski definition) is 5. The molecule has 0 atom stereocenters. The Morgan fingerprint density at radius 1 is 0.895 bits per heavy atom. The SMILES string of the molecule is CCCCN1C(=O)N(CCCNC(=O)OCc2ccccc2)C(=O)C12CCN(CCc1ccccc1)CC2. The Labute approximate surface area is 225 Å². The molecule has 0 radical (unpaired) electrons. The van der Waals surface area contributed by atoms with Crippen molar-refractivity contribution in [1.29, 1.82) is 0 Å². The third-order valence-corrected chi connectivity index (χ3v) is 7.64. The molecule has 8 heteroatoms. The van der Waals surface area contributed by atoms with Gasteiger partial charge in [-0.3, -0.25) is 9.69 Å². The number of imide groups is 1. The van der Waals surface area contributed by atoms with Crippen LogP contribution >= 0.6 is 0 Å². The van der Waals surface area contributed by atoms with E-state index in [4.69, 9.17) is 4.74 Å². The number of piperidine rings is 1. The predicted octanol–water partition coefficient (Wildman–Crippen LogP) is 4.44. The molecule has 2 heterocycles. The lowest BCUT2D eigenvalue weighted by molar-refractivity contribution is -0.135. The average molecular weight is 521 g/mol. The van der Waals surface area contributed by atoms with E-state index in [2.05, 4.69) is 41.4 Å². The molecule has 4 amide bonds. The molecule has 2 aromatic carbocycles. The number of hydrogen-bond donors (Lipinski definition) is 1. The third-order valence-electron chi connectivity index (χ3n) is 7.64. The van der Waals surface area contributed by atoms with Crippen LogP contribution in [0.4, 0.5) is 9.59 Å². The normalized spacial score (nSPS) is 17.3. The Hall–Kier alpha value is -3.39. The number of benzene rings is 2. The lowest BCUT2D eigenvalue weighted by Gasteiger charge is -2.42. The van der Waals surface area contributed by atoms with Crippen LogP contribution in [0.5, 0.6) is 0 Å². The summed E-state index contributed by atoms with van der Waals surface area (Å²) < 4.78 is 5.24. The molecule has 4 rings (SSSR count). The molecule has 2 aliphatic rings. The zero-order valence-corrected chi connectivity index (χ0v) is 22.4. The minimum atomic E-state index is -0.739. The van der Waals surface area contributed by atoms with E-state index in [0.717, 1.165) is 44.5 Å². The van der Waals surface area contributed by atoms with Crippen LogP contribution in [0, 0.1) is 0 Å². The van der Waals surface area contributed by atoms with Crippen molar-refractivity contribution >= 4 is 18.0 Å². The standard InChI is InChI=1S/C30H40N4O4/c1-2-3-20-34-29(37)33(19-10-18-31-28(36)38-24-26-13-8-5-9-14-26)27(35)30(34)16-22-32(23-17-30)21-15-25-11-6-4-7-12-25/h4-9,11-14H,2-3,10,15-24H2,1H3,(H,31,36).